The number of hydrogen-bond acceptors (Lipinski definition) is 12. The van der Waals surface area contributed by atoms with Crippen LogP contribution in [0.2, 0.25) is 0 Å². The van der Waals surface area contributed by atoms with Gasteiger partial charge < -0.3 is 35.2 Å². The summed E-state index contributed by atoms with van der Waals surface area (Å²) in [6.45, 7) is 14.6. The third kappa shape index (κ3) is 15.2. The molecule has 4 N–H and O–H groups in total. The third-order valence-electron chi connectivity index (χ3n) is 10.8. The highest BCUT2D eigenvalue weighted by Gasteiger charge is 2.39. The van der Waals surface area contributed by atoms with E-state index in [2.05, 4.69) is 15.6 Å². The monoisotopic (exact) mass is 843 g/mol. The van der Waals surface area contributed by atoms with E-state index in [1.54, 1.807) is 19.1 Å². The Kier molecular flexibility index (Phi) is 19.3. The summed E-state index contributed by atoms with van der Waals surface area (Å²) in [4.78, 5) is 87.4. The minimum atomic E-state index is -1.01. The predicted octanol–water partition coefficient (Wildman–Crippen LogP) is 5.71. The highest BCUT2D eigenvalue weighted by molar-refractivity contribution is 7.09. The molecule has 1 aliphatic heterocycles. The number of carboxylic acids is 1. The van der Waals surface area contributed by atoms with Gasteiger partial charge in [-0.2, -0.15) is 0 Å². The van der Waals surface area contributed by atoms with Crippen molar-refractivity contribution in [2.24, 2.45) is 23.7 Å². The second-order valence-corrected chi connectivity index (χ2v) is 17.5. The molecule has 1 aromatic carbocycles. The van der Waals surface area contributed by atoms with Crippen molar-refractivity contribution in [2.75, 3.05) is 20.3 Å². The number of aromatic nitrogens is 1. The number of rotatable bonds is 22. The maximum absolute atomic E-state index is 14.8. The van der Waals surface area contributed by atoms with Crippen molar-refractivity contribution >= 4 is 47.0 Å². The average molecular weight is 844 g/mol. The van der Waals surface area contributed by atoms with Crippen LogP contribution in [-0.4, -0.2) is 105 Å². The first-order valence-electron chi connectivity index (χ1n) is 20.7. The average Bonchev–Trinajstić information content (AvgIpc) is 3.67. The number of likely N-dealkylation sites (N-methyl/N-ethyl adjacent to an activating group) is 1. The van der Waals surface area contributed by atoms with Crippen LogP contribution in [0.25, 0.3) is 0 Å². The van der Waals surface area contributed by atoms with E-state index < -0.39 is 66.6 Å². The second-order valence-electron chi connectivity index (χ2n) is 16.6. The molecule has 5 unspecified atom stereocenters. The molecule has 3 rings (SSSR count). The van der Waals surface area contributed by atoms with Crippen LogP contribution in [0.3, 0.4) is 0 Å². The molecule has 328 valence electrons. The number of phenols is 1. The number of amides is 3. The number of thiazole rings is 1. The Bertz CT molecular complexity index is 1720. The fourth-order valence-electron chi connectivity index (χ4n) is 7.19. The minimum Gasteiger partial charge on any atom is -0.508 e. The fraction of sp³-hybridized carbons (Fsp3) is 0.651. The van der Waals surface area contributed by atoms with Crippen LogP contribution in [0.5, 0.6) is 5.75 Å². The zero-order valence-corrected chi connectivity index (χ0v) is 36.9. The second kappa shape index (κ2) is 23.3. The molecule has 0 spiro atoms. The first-order valence-corrected chi connectivity index (χ1v) is 21.6. The summed E-state index contributed by atoms with van der Waals surface area (Å²) >= 11 is 1.10. The number of ether oxygens (including phenoxy) is 2. The molecule has 2 heterocycles. The number of aromatic hydroxyl groups is 1. The first kappa shape index (κ1) is 48.8. The lowest BCUT2D eigenvalue weighted by atomic mass is 9.92. The number of carbonyl (C=O) groups is 6. The number of piperidine rings is 1. The SMILES string of the molecule is CC[C@H](C)C(NC(=O)[C@H]1CCCCN1C)C(=O)N(COC(=O)CC(C)C)C(CC(OC(C)=O)c1nc(C(=O)NC(Cc2ccc(O)cc2)CC(C)C(=O)O)cs1)C(C)C. The van der Waals surface area contributed by atoms with Crippen molar-refractivity contribution in [1.29, 1.82) is 0 Å². The normalized spacial score (nSPS) is 17.6. The molecule has 0 saturated carbocycles. The van der Waals surface area contributed by atoms with Gasteiger partial charge in [-0.25, -0.2) is 4.98 Å². The van der Waals surface area contributed by atoms with Crippen molar-refractivity contribution in [3.05, 3.63) is 45.9 Å². The largest absolute Gasteiger partial charge is 0.508 e. The summed E-state index contributed by atoms with van der Waals surface area (Å²) in [5.74, 6) is -4.54. The number of carboxylic acid groups (broad SMARTS) is 1. The first-order chi connectivity index (χ1) is 27.8. The lowest BCUT2D eigenvalue weighted by molar-refractivity contribution is -0.161. The Morgan fingerprint density at radius 3 is 2.25 bits per heavy atom. The fourth-order valence-corrected chi connectivity index (χ4v) is 8.03. The predicted molar refractivity (Wildman–Crippen MR) is 223 cm³/mol. The van der Waals surface area contributed by atoms with Crippen LogP contribution >= 0.6 is 11.3 Å². The van der Waals surface area contributed by atoms with E-state index in [9.17, 15) is 39.0 Å². The van der Waals surface area contributed by atoms with Gasteiger partial charge in [-0.05, 0) is 74.7 Å². The minimum absolute atomic E-state index is 0.0143. The van der Waals surface area contributed by atoms with Crippen LogP contribution in [-0.2, 0) is 39.9 Å². The van der Waals surface area contributed by atoms with Crippen molar-refractivity contribution in [3.63, 3.8) is 0 Å². The van der Waals surface area contributed by atoms with E-state index >= 15 is 0 Å². The molecule has 0 aliphatic carbocycles. The highest BCUT2D eigenvalue weighted by Crippen LogP contribution is 2.32. The van der Waals surface area contributed by atoms with Gasteiger partial charge in [-0.1, -0.05) is 73.4 Å². The summed E-state index contributed by atoms with van der Waals surface area (Å²) in [6.07, 6.45) is 2.73. The molecule has 1 fully saturated rings. The number of nitrogens with one attached hydrogen (secondary N) is 2. The number of nitrogens with zero attached hydrogens (tertiary/aromatic N) is 3. The van der Waals surface area contributed by atoms with E-state index in [1.807, 2.05) is 53.5 Å². The summed E-state index contributed by atoms with van der Waals surface area (Å²) in [5.41, 5.74) is 0.814. The number of carbonyl (C=O) groups excluding carboxylic acids is 5. The van der Waals surface area contributed by atoms with E-state index in [-0.39, 0.29) is 60.4 Å². The number of hydrogen-bond donors (Lipinski definition) is 4. The van der Waals surface area contributed by atoms with Crippen molar-refractivity contribution in [1.82, 2.24) is 25.4 Å². The zero-order valence-electron chi connectivity index (χ0n) is 36.1. The number of aliphatic carboxylic acids is 1. The maximum Gasteiger partial charge on any atom is 0.307 e. The molecule has 16 heteroatoms. The molecular formula is C43H65N5O10S. The molecular weight excluding hydrogens is 779 g/mol. The Morgan fingerprint density at radius 2 is 1.68 bits per heavy atom. The van der Waals surface area contributed by atoms with E-state index in [0.717, 1.165) is 36.3 Å². The van der Waals surface area contributed by atoms with Crippen LogP contribution in [0, 0.1) is 23.7 Å². The summed E-state index contributed by atoms with van der Waals surface area (Å²) in [7, 11) is 1.90. The molecule has 2 aromatic rings. The van der Waals surface area contributed by atoms with Gasteiger partial charge in [0.15, 0.2) is 12.8 Å². The van der Waals surface area contributed by atoms with E-state index in [1.165, 1.54) is 29.3 Å². The Balaban J connectivity index is 1.96. The van der Waals surface area contributed by atoms with Gasteiger partial charge in [0, 0.05) is 37.2 Å². The molecule has 7 atom stereocenters. The van der Waals surface area contributed by atoms with Gasteiger partial charge in [0.25, 0.3) is 5.91 Å². The van der Waals surface area contributed by atoms with E-state index in [0.29, 0.717) is 24.3 Å². The quantitative estimate of drug-likeness (QED) is 0.0832. The highest BCUT2D eigenvalue weighted by atomic mass is 32.1. The Labute approximate surface area is 352 Å². The molecule has 1 aliphatic rings. The molecule has 59 heavy (non-hydrogen) atoms. The third-order valence-corrected chi connectivity index (χ3v) is 11.8. The van der Waals surface area contributed by atoms with Crippen molar-refractivity contribution in [3.8, 4) is 5.75 Å². The molecule has 0 bridgehead atoms. The number of benzene rings is 1. The molecule has 3 amide bonds. The van der Waals surface area contributed by atoms with Crippen LogP contribution < -0.4 is 10.6 Å². The van der Waals surface area contributed by atoms with Gasteiger partial charge in [-0.15, -0.1) is 11.3 Å². The molecule has 0 radical (unpaired) electrons. The summed E-state index contributed by atoms with van der Waals surface area (Å²) < 4.78 is 11.5. The zero-order chi connectivity index (χ0) is 44.0. The van der Waals surface area contributed by atoms with Crippen molar-refractivity contribution < 1.29 is 48.5 Å². The van der Waals surface area contributed by atoms with Gasteiger partial charge in [0.05, 0.1) is 12.0 Å². The Morgan fingerprint density at radius 1 is 1.00 bits per heavy atom. The Hall–Kier alpha value is -4.57. The lowest BCUT2D eigenvalue weighted by Crippen LogP contribution is -2.59. The van der Waals surface area contributed by atoms with Gasteiger partial charge in [-0.3, -0.25) is 33.7 Å². The molecule has 15 nitrogen and oxygen atoms in total. The van der Waals surface area contributed by atoms with Gasteiger partial charge >= 0.3 is 17.9 Å². The summed E-state index contributed by atoms with van der Waals surface area (Å²) in [5, 5.41) is 27.1. The van der Waals surface area contributed by atoms with Gasteiger partial charge in [0.1, 0.15) is 22.5 Å². The van der Waals surface area contributed by atoms with Crippen molar-refractivity contribution in [2.45, 2.75) is 137 Å². The molecule has 1 saturated heterocycles. The van der Waals surface area contributed by atoms with E-state index in [4.69, 9.17) is 9.47 Å². The van der Waals surface area contributed by atoms with Crippen LogP contribution in [0.1, 0.15) is 127 Å². The lowest BCUT2D eigenvalue weighted by Gasteiger charge is -2.39. The number of esters is 2. The summed E-state index contributed by atoms with van der Waals surface area (Å²) in [6, 6.07) is 3.83. The standard InChI is InChI=1S/C43H65N5O10S/c1-10-27(6)38(46-40(53)34-13-11-12-18-47(34)9)42(54)48(24-57-37(51)19-25(2)3)35(26(4)5)22-36(58-29(8)49)41-45-33(23-59-41)39(52)44-31(20-28(7)43(55)56)21-30-14-16-32(50)17-15-30/h14-17,23,25-28,31,34-36,38,50H,10-13,18-22,24H2,1-9H3,(H,44,52)(H,46,53)(H,55,56)/t27-,28?,31?,34+,35?,36?,38?/m0/s1. The van der Waals surface area contributed by atoms with Gasteiger partial charge in [0.2, 0.25) is 11.8 Å². The smallest absolute Gasteiger partial charge is 0.307 e. The molecule has 1 aromatic heterocycles. The number of phenolic OH excluding ortho intramolecular Hbond substituents is 1. The number of likely N-dealkylation sites (tertiary alicyclic amines) is 1. The maximum atomic E-state index is 14.8. The van der Waals surface area contributed by atoms with Crippen LogP contribution in [0.15, 0.2) is 29.6 Å². The topological polar surface area (TPSA) is 205 Å². The van der Waals surface area contributed by atoms with Crippen LogP contribution in [0.4, 0.5) is 0 Å².